The number of benzene rings is 2. The van der Waals surface area contributed by atoms with Crippen LogP contribution in [0.3, 0.4) is 0 Å². The minimum absolute atomic E-state index is 0.0484. The van der Waals surface area contributed by atoms with Crippen molar-refractivity contribution >= 4 is 51.9 Å². The van der Waals surface area contributed by atoms with Crippen LogP contribution < -0.4 is 10.2 Å². The number of hydrogen-bond acceptors (Lipinski definition) is 6. The van der Waals surface area contributed by atoms with Gasteiger partial charge >= 0.3 is 0 Å². The van der Waals surface area contributed by atoms with Gasteiger partial charge in [-0.2, -0.15) is 0 Å². The third kappa shape index (κ3) is 3.08. The van der Waals surface area contributed by atoms with Gasteiger partial charge in [-0.25, -0.2) is 9.97 Å². The molecule has 2 bridgehead atoms. The maximum Gasteiger partial charge on any atom is 0.260 e. The number of phenols is 1. The molecule has 9 heteroatoms. The van der Waals surface area contributed by atoms with E-state index in [0.29, 0.717) is 32.8 Å². The predicted molar refractivity (Wildman–Crippen MR) is 109 cm³/mol. The van der Waals surface area contributed by atoms with E-state index < -0.39 is 5.91 Å². The lowest BCUT2D eigenvalue weighted by Gasteiger charge is -2.11. The van der Waals surface area contributed by atoms with Crippen molar-refractivity contribution in [2.75, 3.05) is 24.3 Å². The number of amides is 1. The van der Waals surface area contributed by atoms with Crippen LogP contribution in [0.5, 0.6) is 5.75 Å². The lowest BCUT2D eigenvalue weighted by molar-refractivity contribution is 0.102. The van der Waals surface area contributed by atoms with Gasteiger partial charge in [0.05, 0.1) is 15.6 Å². The lowest BCUT2D eigenvalue weighted by atomic mass is 10.0. The standard InChI is InChI=1S/C19H14Cl2N4O3/c1-25(2)19-22-7-9(8-23-19)15-16(14-6-13(26)17(15)28-14)18(27)24-10-3-4-11(20)12(21)5-10/h3-8,26H,1-2H3,(H,24,27). The summed E-state index contributed by atoms with van der Waals surface area (Å²) in [6.07, 6.45) is 3.16. The number of phenolic OH excluding ortho intramolecular Hbond substituents is 1. The van der Waals surface area contributed by atoms with Gasteiger partial charge < -0.3 is 19.7 Å². The summed E-state index contributed by atoms with van der Waals surface area (Å²) in [5.74, 6) is 0.0549. The number of carbonyl (C=O) groups excluding carboxylic acids is 1. The Labute approximate surface area is 169 Å². The second kappa shape index (κ2) is 6.85. The maximum atomic E-state index is 12.9. The first-order chi connectivity index (χ1) is 13.3. The van der Waals surface area contributed by atoms with E-state index in [-0.39, 0.29) is 22.5 Å². The predicted octanol–water partition coefficient (Wildman–Crippen LogP) is 4.66. The number of hydrogen-bond donors (Lipinski definition) is 2. The van der Waals surface area contributed by atoms with Crippen molar-refractivity contribution < 1.29 is 14.3 Å². The maximum absolute atomic E-state index is 12.9. The molecular formula is C19H14Cl2N4O3. The van der Waals surface area contributed by atoms with Crippen molar-refractivity contribution in [2.45, 2.75) is 0 Å². The molecule has 0 fully saturated rings. The Balaban J connectivity index is 1.75. The molecule has 0 spiro atoms. The van der Waals surface area contributed by atoms with E-state index in [1.165, 1.54) is 6.07 Å². The number of rotatable bonds is 4. The van der Waals surface area contributed by atoms with Crippen molar-refractivity contribution in [3.63, 3.8) is 0 Å². The summed E-state index contributed by atoms with van der Waals surface area (Å²) < 4.78 is 5.59. The average molecular weight is 417 g/mol. The smallest absolute Gasteiger partial charge is 0.260 e. The van der Waals surface area contributed by atoms with Gasteiger partial charge in [0.25, 0.3) is 5.91 Å². The molecule has 4 aromatic rings. The van der Waals surface area contributed by atoms with Crippen LogP contribution in [0.4, 0.5) is 11.6 Å². The van der Waals surface area contributed by atoms with Crippen molar-refractivity contribution in [3.8, 4) is 16.9 Å². The summed E-state index contributed by atoms with van der Waals surface area (Å²) in [6, 6.07) is 6.18. The van der Waals surface area contributed by atoms with Gasteiger partial charge in [-0.15, -0.1) is 0 Å². The summed E-state index contributed by atoms with van der Waals surface area (Å²) in [5.41, 5.74) is 2.20. The fraction of sp³-hybridized carbons (Fsp3) is 0.105. The highest BCUT2D eigenvalue weighted by Gasteiger charge is 2.28. The van der Waals surface area contributed by atoms with Crippen LogP contribution in [0.25, 0.3) is 22.3 Å². The molecule has 7 nitrogen and oxygen atoms in total. The van der Waals surface area contributed by atoms with E-state index in [2.05, 4.69) is 15.3 Å². The second-order valence-electron chi connectivity index (χ2n) is 6.32. The minimum atomic E-state index is -0.418. The molecule has 0 aliphatic rings. The van der Waals surface area contributed by atoms with Crippen LogP contribution in [0.15, 0.2) is 41.1 Å². The van der Waals surface area contributed by atoms with E-state index >= 15 is 0 Å². The number of nitrogens with one attached hydrogen (secondary N) is 1. The van der Waals surface area contributed by atoms with Gasteiger partial charge in [0, 0.05) is 49.4 Å². The fourth-order valence-corrected chi connectivity index (χ4v) is 3.17. The minimum Gasteiger partial charge on any atom is -0.504 e. The van der Waals surface area contributed by atoms with Gasteiger partial charge in [0.2, 0.25) is 5.95 Å². The molecule has 28 heavy (non-hydrogen) atoms. The third-order valence-corrected chi connectivity index (χ3v) is 4.91. The van der Waals surface area contributed by atoms with Crippen LogP contribution in [0.2, 0.25) is 10.0 Å². The Bertz CT molecular complexity index is 1170. The molecule has 0 saturated carbocycles. The SMILES string of the molecule is CN(C)c1ncc(-c2c(C(=O)Nc3ccc(Cl)c(Cl)c3)c3cc(O)c2o3)cn1. The summed E-state index contributed by atoms with van der Waals surface area (Å²) >= 11 is 11.9. The van der Waals surface area contributed by atoms with Crippen molar-refractivity contribution in [2.24, 2.45) is 0 Å². The van der Waals surface area contributed by atoms with Crippen LogP contribution in [0.1, 0.15) is 10.4 Å². The van der Waals surface area contributed by atoms with Crippen molar-refractivity contribution in [1.29, 1.82) is 0 Å². The van der Waals surface area contributed by atoms with Crippen LogP contribution in [-0.4, -0.2) is 35.1 Å². The normalized spacial score (nSPS) is 11.1. The summed E-state index contributed by atoms with van der Waals surface area (Å²) in [5, 5.41) is 13.6. The first-order valence-corrected chi connectivity index (χ1v) is 8.94. The molecule has 2 N–H and O–H groups in total. The van der Waals surface area contributed by atoms with Gasteiger partial charge in [0.1, 0.15) is 5.58 Å². The molecule has 0 aliphatic carbocycles. The van der Waals surface area contributed by atoms with Gasteiger partial charge in [-0.3, -0.25) is 4.79 Å². The Hall–Kier alpha value is -3.03. The molecule has 0 saturated heterocycles. The monoisotopic (exact) mass is 416 g/mol. The largest absolute Gasteiger partial charge is 0.504 e. The van der Waals surface area contributed by atoms with E-state index in [1.807, 2.05) is 14.1 Å². The zero-order chi connectivity index (χ0) is 20.0. The lowest BCUT2D eigenvalue weighted by Crippen LogP contribution is -2.14. The number of aromatic hydroxyl groups is 1. The number of nitrogens with zero attached hydrogens (tertiary/aromatic N) is 3. The Morgan fingerprint density at radius 1 is 1.14 bits per heavy atom. The zero-order valence-corrected chi connectivity index (χ0v) is 16.3. The number of fused-ring (bicyclic) bond motifs is 2. The van der Waals surface area contributed by atoms with Crippen molar-refractivity contribution in [3.05, 3.63) is 52.3 Å². The Morgan fingerprint density at radius 3 is 2.50 bits per heavy atom. The molecule has 0 unspecified atom stereocenters. The number of furan rings is 2. The van der Waals surface area contributed by atoms with Crippen molar-refractivity contribution in [1.82, 2.24) is 9.97 Å². The van der Waals surface area contributed by atoms with Crippen LogP contribution in [-0.2, 0) is 0 Å². The summed E-state index contributed by atoms with van der Waals surface area (Å²) in [4.78, 5) is 23.2. The number of anilines is 2. The highest BCUT2D eigenvalue weighted by Crippen LogP contribution is 2.43. The summed E-state index contributed by atoms with van der Waals surface area (Å²) in [7, 11) is 3.65. The number of carbonyl (C=O) groups is 1. The number of aromatic nitrogens is 2. The zero-order valence-electron chi connectivity index (χ0n) is 14.8. The van der Waals surface area contributed by atoms with Crippen LogP contribution in [0, 0.1) is 0 Å². The van der Waals surface area contributed by atoms with E-state index in [4.69, 9.17) is 27.6 Å². The second-order valence-corrected chi connectivity index (χ2v) is 7.14. The Morgan fingerprint density at radius 2 is 1.86 bits per heavy atom. The molecule has 1 amide bonds. The molecule has 0 radical (unpaired) electrons. The van der Waals surface area contributed by atoms with E-state index in [0.717, 1.165) is 0 Å². The topological polar surface area (TPSA) is 91.5 Å². The van der Waals surface area contributed by atoms with E-state index in [9.17, 15) is 9.90 Å². The summed E-state index contributed by atoms with van der Waals surface area (Å²) in [6.45, 7) is 0. The highest BCUT2D eigenvalue weighted by atomic mass is 35.5. The molecule has 4 rings (SSSR count). The first-order valence-electron chi connectivity index (χ1n) is 8.19. The molecule has 0 atom stereocenters. The van der Waals surface area contributed by atoms with E-state index in [1.54, 1.807) is 35.5 Å². The van der Waals surface area contributed by atoms with Gasteiger partial charge in [-0.05, 0) is 18.2 Å². The van der Waals surface area contributed by atoms with Gasteiger partial charge in [-0.1, -0.05) is 23.2 Å². The quantitative estimate of drug-likeness (QED) is 0.502. The highest BCUT2D eigenvalue weighted by molar-refractivity contribution is 6.42. The molecule has 3 aromatic heterocycles. The average Bonchev–Trinajstić information content (AvgIpc) is 3.21. The molecule has 142 valence electrons. The molecule has 3 heterocycles. The molecule has 1 aromatic carbocycles. The van der Waals surface area contributed by atoms with Gasteiger partial charge in [0.15, 0.2) is 11.3 Å². The molecular weight excluding hydrogens is 403 g/mol. The Kier molecular flexibility index (Phi) is 4.49. The fourth-order valence-electron chi connectivity index (χ4n) is 2.87. The third-order valence-electron chi connectivity index (χ3n) is 4.17. The van der Waals surface area contributed by atoms with Crippen LogP contribution >= 0.6 is 23.2 Å². The first kappa shape index (κ1) is 18.3. The molecule has 0 aliphatic heterocycles. The number of halogens is 2.